The van der Waals surface area contributed by atoms with Gasteiger partial charge in [0.05, 0.1) is 23.4 Å². The molecule has 0 fully saturated rings. The minimum absolute atomic E-state index is 0.304. The van der Waals surface area contributed by atoms with Gasteiger partial charge in [-0.3, -0.25) is 9.59 Å². The van der Waals surface area contributed by atoms with Crippen LogP contribution in [-0.4, -0.2) is 18.4 Å². The molecule has 0 spiro atoms. The molecule has 4 nitrogen and oxygen atoms in total. The van der Waals surface area contributed by atoms with E-state index in [1.807, 2.05) is 31.2 Å². The number of fused-ring (bicyclic) bond motifs is 2. The van der Waals surface area contributed by atoms with Gasteiger partial charge in [-0.1, -0.05) is 49.1 Å². The number of carbonyl (C=O) groups excluding carboxylic acids is 2. The Balaban J connectivity index is 2.07. The molecule has 1 aliphatic heterocycles. The zero-order valence-corrected chi connectivity index (χ0v) is 14.3. The van der Waals surface area contributed by atoms with E-state index >= 15 is 0 Å². The molecule has 4 rings (SSSR count). The second kappa shape index (κ2) is 6.15. The van der Waals surface area contributed by atoms with Gasteiger partial charge in [0.1, 0.15) is 5.75 Å². The van der Waals surface area contributed by atoms with E-state index in [2.05, 4.69) is 12.6 Å². The number of rotatable bonds is 4. The van der Waals surface area contributed by atoms with Crippen LogP contribution < -0.4 is 9.64 Å². The summed E-state index contributed by atoms with van der Waals surface area (Å²) < 4.78 is 5.82. The summed E-state index contributed by atoms with van der Waals surface area (Å²) in [4.78, 5) is 27.6. The third-order valence-electron chi connectivity index (χ3n) is 4.49. The van der Waals surface area contributed by atoms with E-state index in [-0.39, 0.29) is 11.8 Å². The third kappa shape index (κ3) is 2.15. The number of imide groups is 1. The summed E-state index contributed by atoms with van der Waals surface area (Å²) in [7, 11) is 0. The summed E-state index contributed by atoms with van der Waals surface area (Å²) in [6.45, 7) is 6.11. The number of benzene rings is 3. The zero-order valence-electron chi connectivity index (χ0n) is 14.3. The number of hydrogen-bond donors (Lipinski definition) is 0. The van der Waals surface area contributed by atoms with Gasteiger partial charge in [-0.2, -0.15) is 0 Å². The molecule has 0 N–H and O–H groups in total. The Morgan fingerprint density at radius 2 is 1.69 bits per heavy atom. The van der Waals surface area contributed by atoms with Crippen molar-refractivity contribution in [3.05, 3.63) is 77.9 Å². The Hall–Kier alpha value is -3.40. The van der Waals surface area contributed by atoms with E-state index in [0.717, 1.165) is 10.8 Å². The molecule has 0 aliphatic carbocycles. The molecule has 0 unspecified atom stereocenters. The molecule has 1 heterocycles. The lowest BCUT2D eigenvalue weighted by atomic mass is 9.94. The average molecular weight is 342 g/mol. The summed E-state index contributed by atoms with van der Waals surface area (Å²) in [6, 6.07) is 17.2. The molecule has 0 saturated heterocycles. The topological polar surface area (TPSA) is 46.6 Å². The fourth-order valence-electron chi connectivity index (χ4n) is 3.44. The molecule has 2 amide bonds. The van der Waals surface area contributed by atoms with Crippen LogP contribution in [0.4, 0.5) is 5.69 Å². The lowest BCUT2D eigenvalue weighted by Crippen LogP contribution is -2.29. The smallest absolute Gasteiger partial charge is 0.269 e. The van der Waals surface area contributed by atoms with Crippen molar-refractivity contribution in [2.24, 2.45) is 0 Å². The first-order chi connectivity index (χ1) is 12.7. The van der Waals surface area contributed by atoms with E-state index < -0.39 is 0 Å². The highest BCUT2D eigenvalue weighted by molar-refractivity contribution is 6.38. The molecule has 1 radical (unpaired) electrons. The van der Waals surface area contributed by atoms with Crippen LogP contribution in [0.15, 0.2) is 55.1 Å². The average Bonchev–Trinajstić information content (AvgIpc) is 2.93. The van der Waals surface area contributed by atoms with Crippen molar-refractivity contribution in [3.8, 4) is 5.75 Å². The number of amides is 2. The first-order valence-electron chi connectivity index (χ1n) is 8.37. The largest absolute Gasteiger partial charge is 0.492 e. The van der Waals surface area contributed by atoms with Crippen LogP contribution in [0.2, 0.25) is 0 Å². The zero-order chi connectivity index (χ0) is 18.3. The second-order valence-electron chi connectivity index (χ2n) is 5.88. The van der Waals surface area contributed by atoms with Crippen molar-refractivity contribution in [2.75, 3.05) is 11.5 Å². The van der Waals surface area contributed by atoms with Gasteiger partial charge in [-0.15, -0.1) is 0 Å². The Morgan fingerprint density at radius 1 is 1.04 bits per heavy atom. The number of anilines is 1. The number of hydrogen-bond acceptors (Lipinski definition) is 3. The van der Waals surface area contributed by atoms with Crippen molar-refractivity contribution in [1.29, 1.82) is 0 Å². The third-order valence-corrected chi connectivity index (χ3v) is 4.49. The molecular formula is C22H16NO3. The fraction of sp³-hybridized carbons (Fsp3) is 0.0909. The Bertz CT molecular complexity index is 1050. The lowest BCUT2D eigenvalue weighted by Gasteiger charge is -2.14. The van der Waals surface area contributed by atoms with Crippen LogP contribution in [-0.2, 0) is 0 Å². The summed E-state index contributed by atoms with van der Waals surface area (Å²) in [5, 5.41) is 1.64. The van der Waals surface area contributed by atoms with Crippen LogP contribution in [0.5, 0.6) is 5.75 Å². The lowest BCUT2D eigenvalue weighted by molar-refractivity contribution is 0.0925. The van der Waals surface area contributed by atoms with E-state index in [0.29, 0.717) is 34.7 Å². The normalized spacial score (nSPS) is 13.2. The number of nitrogens with zero attached hydrogens (tertiary/aromatic N) is 1. The van der Waals surface area contributed by atoms with E-state index in [4.69, 9.17) is 4.74 Å². The van der Waals surface area contributed by atoms with Crippen molar-refractivity contribution in [2.45, 2.75) is 6.92 Å². The Labute approximate surface area is 151 Å². The molecule has 3 aromatic carbocycles. The molecule has 0 atom stereocenters. The second-order valence-corrected chi connectivity index (χ2v) is 5.88. The molecule has 127 valence electrons. The molecule has 3 aromatic rings. The number of carbonyl (C=O) groups is 2. The van der Waals surface area contributed by atoms with Gasteiger partial charge in [0.2, 0.25) is 0 Å². The van der Waals surface area contributed by atoms with Crippen LogP contribution >= 0.6 is 0 Å². The monoisotopic (exact) mass is 342 g/mol. The first-order valence-corrected chi connectivity index (χ1v) is 8.37. The predicted molar refractivity (Wildman–Crippen MR) is 102 cm³/mol. The summed E-state index contributed by atoms with van der Waals surface area (Å²) in [5.41, 5.74) is 1.82. The van der Waals surface area contributed by atoms with Crippen molar-refractivity contribution < 1.29 is 14.3 Å². The highest BCUT2D eigenvalue weighted by Gasteiger charge is 2.42. The maximum atomic E-state index is 13.2. The van der Waals surface area contributed by atoms with Gasteiger partial charge in [0.15, 0.2) is 0 Å². The highest BCUT2D eigenvalue weighted by atomic mass is 16.5. The van der Waals surface area contributed by atoms with Crippen LogP contribution in [0, 0.1) is 6.07 Å². The minimum atomic E-state index is -0.381. The molecular weight excluding hydrogens is 326 g/mol. The molecule has 0 bridgehead atoms. The maximum Gasteiger partial charge on any atom is 0.269 e. The molecule has 0 aromatic heterocycles. The van der Waals surface area contributed by atoms with E-state index in [1.54, 1.807) is 30.3 Å². The van der Waals surface area contributed by atoms with Crippen molar-refractivity contribution in [1.82, 2.24) is 0 Å². The molecule has 26 heavy (non-hydrogen) atoms. The fourth-order valence-corrected chi connectivity index (χ4v) is 3.44. The minimum Gasteiger partial charge on any atom is -0.492 e. The van der Waals surface area contributed by atoms with Crippen molar-refractivity contribution >= 4 is 34.4 Å². The molecule has 4 heteroatoms. The highest BCUT2D eigenvalue weighted by Crippen LogP contribution is 2.42. The standard InChI is InChI=1S/C22H16NO3/c1-3-15-16-12-8-9-13-17(16)20(26-4-2)19-18(15)21(24)23(22(19)25)14-10-6-5-7-11-14/h3,6-13H,1,4H2,2H3. The quantitative estimate of drug-likeness (QED) is 0.657. The summed E-state index contributed by atoms with van der Waals surface area (Å²) in [6.07, 6.45) is 1.63. The SMILES string of the molecule is C=Cc1c2c(c(OCC)c3ccccc13)C(=O)N(c1cc[c]cc1)C2=O. The molecule has 1 aliphatic rings. The van der Waals surface area contributed by atoms with Gasteiger partial charge >= 0.3 is 0 Å². The van der Waals surface area contributed by atoms with Gasteiger partial charge in [0, 0.05) is 5.39 Å². The van der Waals surface area contributed by atoms with E-state index in [1.165, 1.54) is 4.90 Å². The first kappa shape index (κ1) is 16.1. The number of ether oxygens (including phenoxy) is 1. The van der Waals surface area contributed by atoms with Gasteiger partial charge in [-0.05, 0) is 36.1 Å². The summed E-state index contributed by atoms with van der Waals surface area (Å²) >= 11 is 0. The van der Waals surface area contributed by atoms with Crippen LogP contribution in [0.25, 0.3) is 16.8 Å². The van der Waals surface area contributed by atoms with Gasteiger partial charge in [0.25, 0.3) is 11.8 Å². The van der Waals surface area contributed by atoms with Crippen LogP contribution in [0.1, 0.15) is 33.2 Å². The molecule has 0 saturated carbocycles. The van der Waals surface area contributed by atoms with Crippen LogP contribution in [0.3, 0.4) is 0 Å². The van der Waals surface area contributed by atoms with Gasteiger partial charge < -0.3 is 4.74 Å². The summed E-state index contributed by atoms with van der Waals surface area (Å²) in [5.74, 6) is -0.293. The maximum absolute atomic E-state index is 13.2. The van der Waals surface area contributed by atoms with Gasteiger partial charge in [-0.25, -0.2) is 4.90 Å². The Kier molecular flexibility index (Phi) is 3.81. The van der Waals surface area contributed by atoms with Crippen molar-refractivity contribution in [3.63, 3.8) is 0 Å². The Morgan fingerprint density at radius 3 is 2.35 bits per heavy atom. The predicted octanol–water partition coefficient (Wildman–Crippen LogP) is 4.48. The van der Waals surface area contributed by atoms with E-state index in [9.17, 15) is 9.59 Å².